The molecule has 3 N–H and O–H groups in total. The molecule has 6 heteroatoms. The van der Waals surface area contributed by atoms with Crippen LogP contribution in [0.4, 0.5) is 15.8 Å². The number of halogens is 3. The molecule has 0 aromatic heterocycles. The minimum atomic E-state index is -0.634. The summed E-state index contributed by atoms with van der Waals surface area (Å²) in [5.74, 6) is -1.22. The molecule has 0 radical (unpaired) electrons. The number of anilines is 2. The van der Waals surface area contributed by atoms with E-state index in [0.29, 0.717) is 20.9 Å². The molecule has 0 saturated carbocycles. The number of nitrogen functional groups attached to an aromatic ring is 1. The molecule has 0 aliphatic carbocycles. The monoisotopic (exact) mass is 342 g/mol. The summed E-state index contributed by atoms with van der Waals surface area (Å²) in [6, 6.07) is 8.74. The van der Waals surface area contributed by atoms with Crippen LogP contribution in [0, 0.1) is 5.82 Å². The molecule has 0 aliphatic heterocycles. The van der Waals surface area contributed by atoms with Crippen molar-refractivity contribution in [3.8, 4) is 0 Å². The fourth-order valence-electron chi connectivity index (χ4n) is 1.50. The van der Waals surface area contributed by atoms with Crippen LogP contribution < -0.4 is 11.1 Å². The second-order valence-corrected chi connectivity index (χ2v) is 5.11. The molecule has 3 nitrogen and oxygen atoms in total. The van der Waals surface area contributed by atoms with E-state index < -0.39 is 11.7 Å². The van der Waals surface area contributed by atoms with Crippen molar-refractivity contribution in [2.45, 2.75) is 0 Å². The summed E-state index contributed by atoms with van der Waals surface area (Å²) in [6.07, 6.45) is 0. The maximum atomic E-state index is 13.5. The highest BCUT2D eigenvalue weighted by Gasteiger charge is 2.13. The topological polar surface area (TPSA) is 55.1 Å². The van der Waals surface area contributed by atoms with E-state index in [9.17, 15) is 9.18 Å². The highest BCUT2D eigenvalue weighted by molar-refractivity contribution is 9.10. The Balaban J connectivity index is 2.30. The second-order valence-electron chi connectivity index (χ2n) is 3.82. The Kier molecular flexibility index (Phi) is 4.07. The minimum absolute atomic E-state index is 0.119. The molecule has 2 aromatic rings. The van der Waals surface area contributed by atoms with Crippen LogP contribution in [0.5, 0.6) is 0 Å². The number of carbonyl (C=O) groups excluding carboxylic acids is 1. The molecule has 0 aliphatic rings. The van der Waals surface area contributed by atoms with Crippen LogP contribution in [0.15, 0.2) is 40.9 Å². The lowest BCUT2D eigenvalue weighted by atomic mass is 10.1. The van der Waals surface area contributed by atoms with Crippen LogP contribution in [0.2, 0.25) is 5.02 Å². The van der Waals surface area contributed by atoms with E-state index in [2.05, 4.69) is 21.2 Å². The smallest absolute Gasteiger partial charge is 0.258 e. The van der Waals surface area contributed by atoms with Crippen LogP contribution in [0.3, 0.4) is 0 Å². The summed E-state index contributed by atoms with van der Waals surface area (Å²) in [5, 5.41) is 3.03. The van der Waals surface area contributed by atoms with Crippen LogP contribution >= 0.6 is 27.5 Å². The van der Waals surface area contributed by atoms with Crippen LogP contribution in [0.25, 0.3) is 0 Å². The maximum absolute atomic E-state index is 13.5. The lowest BCUT2D eigenvalue weighted by Gasteiger charge is -2.09. The molecule has 0 fully saturated rings. The van der Waals surface area contributed by atoms with Gasteiger partial charge in [0.15, 0.2) is 0 Å². The van der Waals surface area contributed by atoms with Gasteiger partial charge in [-0.2, -0.15) is 0 Å². The van der Waals surface area contributed by atoms with Crippen molar-refractivity contribution in [2.24, 2.45) is 0 Å². The number of hydrogen-bond acceptors (Lipinski definition) is 2. The summed E-state index contributed by atoms with van der Waals surface area (Å²) in [6.45, 7) is 0. The lowest BCUT2D eigenvalue weighted by molar-refractivity contribution is 0.102. The molecule has 98 valence electrons. The van der Waals surface area contributed by atoms with Crippen molar-refractivity contribution in [2.75, 3.05) is 11.1 Å². The Morgan fingerprint density at radius 2 is 2.00 bits per heavy atom. The number of nitrogens with one attached hydrogen (secondary N) is 1. The van der Waals surface area contributed by atoms with Crippen molar-refractivity contribution in [1.29, 1.82) is 0 Å². The van der Waals surface area contributed by atoms with Gasteiger partial charge in [0.25, 0.3) is 5.91 Å². The third-order valence-corrected chi connectivity index (χ3v) is 3.34. The van der Waals surface area contributed by atoms with Crippen molar-refractivity contribution < 1.29 is 9.18 Å². The van der Waals surface area contributed by atoms with Gasteiger partial charge in [-0.05, 0) is 52.3 Å². The normalized spacial score (nSPS) is 10.3. The van der Waals surface area contributed by atoms with E-state index in [0.717, 1.165) is 6.07 Å². The second kappa shape index (κ2) is 5.59. The Morgan fingerprint density at radius 1 is 1.26 bits per heavy atom. The number of carbonyl (C=O) groups is 1. The number of nitrogens with two attached hydrogens (primary N) is 1. The minimum Gasteiger partial charge on any atom is -0.399 e. The van der Waals surface area contributed by atoms with Gasteiger partial charge >= 0.3 is 0 Å². The lowest BCUT2D eigenvalue weighted by Crippen LogP contribution is -2.14. The van der Waals surface area contributed by atoms with Gasteiger partial charge in [-0.15, -0.1) is 0 Å². The summed E-state index contributed by atoms with van der Waals surface area (Å²) >= 11 is 9.11. The van der Waals surface area contributed by atoms with E-state index >= 15 is 0 Å². The number of hydrogen-bond donors (Lipinski definition) is 2. The number of rotatable bonds is 2. The van der Waals surface area contributed by atoms with Gasteiger partial charge in [-0.25, -0.2) is 4.39 Å². The first kappa shape index (κ1) is 13.8. The summed E-state index contributed by atoms with van der Waals surface area (Å²) in [4.78, 5) is 12.0. The average Bonchev–Trinajstić information content (AvgIpc) is 2.36. The molecule has 0 heterocycles. The third kappa shape index (κ3) is 3.24. The fraction of sp³-hybridized carbons (Fsp3) is 0. The van der Waals surface area contributed by atoms with Gasteiger partial charge in [-0.3, -0.25) is 4.79 Å². The van der Waals surface area contributed by atoms with E-state index in [4.69, 9.17) is 17.3 Å². The third-order valence-electron chi connectivity index (χ3n) is 2.41. The van der Waals surface area contributed by atoms with Gasteiger partial charge in [0.1, 0.15) is 5.82 Å². The SMILES string of the molecule is Nc1ccc(F)c(C(=O)Nc2cc(Cl)ccc2Br)c1. The van der Waals surface area contributed by atoms with Crippen molar-refractivity contribution in [3.63, 3.8) is 0 Å². The van der Waals surface area contributed by atoms with Crippen LogP contribution in [0.1, 0.15) is 10.4 Å². The van der Waals surface area contributed by atoms with Gasteiger partial charge in [0.05, 0.1) is 11.3 Å². The molecule has 0 saturated heterocycles. The zero-order valence-electron chi connectivity index (χ0n) is 9.58. The van der Waals surface area contributed by atoms with E-state index in [-0.39, 0.29) is 5.56 Å². The molecular formula is C13H9BrClFN2O. The number of benzene rings is 2. The average molecular weight is 344 g/mol. The van der Waals surface area contributed by atoms with E-state index in [1.165, 1.54) is 12.1 Å². The highest BCUT2D eigenvalue weighted by Crippen LogP contribution is 2.26. The molecule has 0 unspecified atom stereocenters. The van der Waals surface area contributed by atoms with Gasteiger partial charge in [0, 0.05) is 15.2 Å². The molecule has 0 atom stereocenters. The van der Waals surface area contributed by atoms with Gasteiger partial charge in [-0.1, -0.05) is 11.6 Å². The number of amides is 1. The van der Waals surface area contributed by atoms with Crippen molar-refractivity contribution >= 4 is 44.8 Å². The predicted molar refractivity (Wildman–Crippen MR) is 77.9 cm³/mol. The Bertz CT molecular complexity index is 649. The van der Waals surface area contributed by atoms with Crippen molar-refractivity contribution in [3.05, 3.63) is 57.3 Å². The molecule has 19 heavy (non-hydrogen) atoms. The first-order valence-electron chi connectivity index (χ1n) is 5.29. The van der Waals surface area contributed by atoms with E-state index in [1.54, 1.807) is 18.2 Å². The largest absolute Gasteiger partial charge is 0.399 e. The maximum Gasteiger partial charge on any atom is 0.258 e. The molecule has 2 aromatic carbocycles. The Morgan fingerprint density at radius 3 is 2.74 bits per heavy atom. The fourth-order valence-corrected chi connectivity index (χ4v) is 2.02. The summed E-state index contributed by atoms with van der Waals surface area (Å²) in [5.41, 5.74) is 6.19. The predicted octanol–water partition coefficient (Wildman–Crippen LogP) is 4.08. The zero-order valence-corrected chi connectivity index (χ0v) is 11.9. The Hall–Kier alpha value is -1.59. The van der Waals surface area contributed by atoms with Gasteiger partial charge in [0.2, 0.25) is 0 Å². The first-order chi connectivity index (χ1) is 8.97. The molecule has 1 amide bonds. The zero-order chi connectivity index (χ0) is 14.0. The Labute approximate surface area is 122 Å². The van der Waals surface area contributed by atoms with Crippen molar-refractivity contribution in [1.82, 2.24) is 0 Å². The quantitative estimate of drug-likeness (QED) is 0.807. The van der Waals surface area contributed by atoms with Gasteiger partial charge < -0.3 is 11.1 Å². The molecule has 0 spiro atoms. The van der Waals surface area contributed by atoms with Crippen LogP contribution in [-0.2, 0) is 0 Å². The first-order valence-corrected chi connectivity index (χ1v) is 6.46. The van der Waals surface area contributed by atoms with E-state index in [1.807, 2.05) is 0 Å². The summed E-state index contributed by atoms with van der Waals surface area (Å²) < 4.78 is 14.2. The molecule has 0 bridgehead atoms. The molecular weight excluding hydrogens is 335 g/mol. The standard InChI is InChI=1S/C13H9BrClFN2O/c14-10-3-1-7(15)5-12(10)18-13(19)9-6-8(17)2-4-11(9)16/h1-6H,17H2,(H,18,19). The molecule has 2 rings (SSSR count). The van der Waals surface area contributed by atoms with Crippen LogP contribution in [-0.4, -0.2) is 5.91 Å². The highest BCUT2D eigenvalue weighted by atomic mass is 79.9. The summed E-state index contributed by atoms with van der Waals surface area (Å²) in [7, 11) is 0.